The van der Waals surface area contributed by atoms with E-state index in [-0.39, 0.29) is 23.1 Å². The standard InChI is InChI=1S/C30H36Cl2N4O2/c1-30(12-6-3-7-13-30)29(38)33-18-19-10-11-22(31)21(14-19)15-27-34-25-16-23(32)24(17-26(25)36(27)2)35-28(37)20-8-4-5-9-20/h10-11,14,16-17,20H,3-9,12-13,15,18H2,1-2H3,(H,33,38)(H,35,37). The molecule has 1 heterocycles. The molecule has 202 valence electrons. The second kappa shape index (κ2) is 11.3. The van der Waals surface area contributed by atoms with Gasteiger partial charge in [0.05, 0.1) is 21.7 Å². The molecule has 3 aromatic rings. The third-order valence-electron chi connectivity index (χ3n) is 8.46. The van der Waals surface area contributed by atoms with Gasteiger partial charge >= 0.3 is 0 Å². The number of imidazole rings is 1. The van der Waals surface area contributed by atoms with Gasteiger partial charge in [-0.05, 0) is 55.0 Å². The smallest absolute Gasteiger partial charge is 0.227 e. The van der Waals surface area contributed by atoms with Crippen molar-refractivity contribution >= 4 is 51.7 Å². The maximum absolute atomic E-state index is 12.9. The van der Waals surface area contributed by atoms with Crippen molar-refractivity contribution < 1.29 is 9.59 Å². The first-order chi connectivity index (χ1) is 18.2. The monoisotopic (exact) mass is 554 g/mol. The number of benzene rings is 2. The van der Waals surface area contributed by atoms with Gasteiger partial charge in [-0.25, -0.2) is 4.98 Å². The van der Waals surface area contributed by atoms with Crippen molar-refractivity contribution in [3.63, 3.8) is 0 Å². The molecule has 2 aliphatic carbocycles. The van der Waals surface area contributed by atoms with E-state index < -0.39 is 0 Å². The first-order valence-corrected chi connectivity index (χ1v) is 14.5. The van der Waals surface area contributed by atoms with Gasteiger partial charge in [-0.15, -0.1) is 0 Å². The number of amides is 2. The highest BCUT2D eigenvalue weighted by molar-refractivity contribution is 6.34. The van der Waals surface area contributed by atoms with Gasteiger partial charge in [-0.2, -0.15) is 0 Å². The van der Waals surface area contributed by atoms with Gasteiger partial charge in [0.15, 0.2) is 0 Å². The molecule has 2 fully saturated rings. The van der Waals surface area contributed by atoms with Gasteiger partial charge in [-0.1, -0.05) is 74.4 Å². The van der Waals surface area contributed by atoms with E-state index in [4.69, 9.17) is 28.2 Å². The molecule has 0 atom stereocenters. The van der Waals surface area contributed by atoms with Crippen molar-refractivity contribution in [1.29, 1.82) is 0 Å². The van der Waals surface area contributed by atoms with Gasteiger partial charge < -0.3 is 15.2 Å². The van der Waals surface area contributed by atoms with Gasteiger partial charge in [0.2, 0.25) is 11.8 Å². The minimum Gasteiger partial charge on any atom is -0.352 e. The van der Waals surface area contributed by atoms with Crippen LogP contribution in [0.1, 0.15) is 81.7 Å². The maximum atomic E-state index is 12.9. The third-order valence-corrected chi connectivity index (χ3v) is 9.14. The quantitative estimate of drug-likeness (QED) is 0.324. The summed E-state index contributed by atoms with van der Waals surface area (Å²) in [7, 11) is 1.96. The second-order valence-electron chi connectivity index (χ2n) is 11.3. The maximum Gasteiger partial charge on any atom is 0.227 e. The molecule has 0 spiro atoms. The lowest BCUT2D eigenvalue weighted by Gasteiger charge is -2.32. The molecule has 0 radical (unpaired) electrons. The van der Waals surface area contributed by atoms with Crippen LogP contribution in [0.2, 0.25) is 10.0 Å². The van der Waals surface area contributed by atoms with E-state index in [2.05, 4.69) is 17.6 Å². The Balaban J connectivity index is 1.31. The van der Waals surface area contributed by atoms with E-state index in [1.54, 1.807) is 0 Å². The van der Waals surface area contributed by atoms with E-state index in [1.165, 1.54) is 6.42 Å². The number of halogens is 2. The number of hydrogen-bond acceptors (Lipinski definition) is 3. The molecule has 2 aromatic carbocycles. The summed E-state index contributed by atoms with van der Waals surface area (Å²) in [6, 6.07) is 9.61. The van der Waals surface area contributed by atoms with Crippen molar-refractivity contribution in [3.8, 4) is 0 Å². The molecule has 2 amide bonds. The Kier molecular flexibility index (Phi) is 8.01. The Morgan fingerprint density at radius 3 is 2.50 bits per heavy atom. The van der Waals surface area contributed by atoms with Crippen LogP contribution in [0.5, 0.6) is 0 Å². The van der Waals surface area contributed by atoms with E-state index in [1.807, 2.05) is 41.9 Å². The molecule has 5 rings (SSSR count). The van der Waals surface area contributed by atoms with Crippen molar-refractivity contribution in [2.45, 2.75) is 77.7 Å². The first kappa shape index (κ1) is 27.0. The fourth-order valence-corrected chi connectivity index (χ4v) is 6.33. The minimum atomic E-state index is -0.267. The van der Waals surface area contributed by atoms with Crippen LogP contribution in [0.3, 0.4) is 0 Å². The Morgan fingerprint density at radius 2 is 1.76 bits per heavy atom. The highest BCUT2D eigenvalue weighted by atomic mass is 35.5. The van der Waals surface area contributed by atoms with Crippen LogP contribution in [0.4, 0.5) is 5.69 Å². The predicted molar refractivity (Wildman–Crippen MR) is 154 cm³/mol. The van der Waals surface area contributed by atoms with Gasteiger partial charge in [0.1, 0.15) is 5.82 Å². The summed E-state index contributed by atoms with van der Waals surface area (Å²) in [6.07, 6.45) is 9.96. The number of hydrogen-bond donors (Lipinski definition) is 2. The molecular formula is C30H36Cl2N4O2. The molecule has 0 bridgehead atoms. The van der Waals surface area contributed by atoms with E-state index in [9.17, 15) is 9.59 Å². The summed E-state index contributed by atoms with van der Waals surface area (Å²) < 4.78 is 2.02. The average Bonchev–Trinajstić information content (AvgIpc) is 3.54. The SMILES string of the molecule is Cn1c(Cc2cc(CNC(=O)C3(C)CCCCC3)ccc2Cl)nc2cc(Cl)c(NC(=O)C3CCCC3)cc21. The number of aromatic nitrogens is 2. The van der Waals surface area contributed by atoms with Gasteiger partial charge in [0, 0.05) is 36.4 Å². The predicted octanol–water partition coefficient (Wildman–Crippen LogP) is 7.19. The fraction of sp³-hybridized carbons (Fsp3) is 0.500. The minimum absolute atomic E-state index is 0.0410. The second-order valence-corrected chi connectivity index (χ2v) is 12.1. The zero-order valence-electron chi connectivity index (χ0n) is 22.2. The number of nitrogens with zero attached hydrogens (tertiary/aromatic N) is 2. The number of rotatable bonds is 7. The van der Waals surface area contributed by atoms with Crippen LogP contribution in [0.15, 0.2) is 30.3 Å². The average molecular weight is 556 g/mol. The van der Waals surface area contributed by atoms with Crippen molar-refractivity contribution in [2.24, 2.45) is 18.4 Å². The van der Waals surface area contributed by atoms with Crippen LogP contribution in [-0.4, -0.2) is 21.4 Å². The third kappa shape index (κ3) is 5.72. The molecule has 2 N–H and O–H groups in total. The number of carbonyl (C=O) groups is 2. The van der Waals surface area contributed by atoms with Crippen LogP contribution in [0.25, 0.3) is 11.0 Å². The Bertz CT molecular complexity index is 1350. The summed E-state index contributed by atoms with van der Waals surface area (Å²) in [6.45, 7) is 2.55. The van der Waals surface area contributed by atoms with Crippen LogP contribution >= 0.6 is 23.2 Å². The normalized spacial score (nSPS) is 17.6. The number of aryl methyl sites for hydroxylation is 1. The number of anilines is 1. The lowest BCUT2D eigenvalue weighted by molar-refractivity contribution is -0.132. The molecule has 2 aliphatic rings. The summed E-state index contributed by atoms with van der Waals surface area (Å²) in [4.78, 5) is 30.4. The summed E-state index contributed by atoms with van der Waals surface area (Å²) in [5, 5.41) is 7.32. The molecule has 0 aliphatic heterocycles. The zero-order chi connectivity index (χ0) is 26.9. The van der Waals surface area contributed by atoms with Crippen LogP contribution in [-0.2, 0) is 29.6 Å². The lowest BCUT2D eigenvalue weighted by atomic mass is 9.75. The molecule has 1 aromatic heterocycles. The fourth-order valence-electron chi connectivity index (χ4n) is 5.94. The zero-order valence-corrected chi connectivity index (χ0v) is 23.7. The van der Waals surface area contributed by atoms with E-state index in [0.29, 0.717) is 28.7 Å². The van der Waals surface area contributed by atoms with E-state index in [0.717, 1.165) is 79.4 Å². The largest absolute Gasteiger partial charge is 0.352 e. The summed E-state index contributed by atoms with van der Waals surface area (Å²) in [5.41, 5.74) is 3.97. The van der Waals surface area contributed by atoms with Crippen molar-refractivity contribution in [2.75, 3.05) is 5.32 Å². The molecule has 38 heavy (non-hydrogen) atoms. The number of carbonyl (C=O) groups excluding carboxylic acids is 2. The number of fused-ring (bicyclic) bond motifs is 1. The Labute approximate surface area is 234 Å². The van der Waals surface area contributed by atoms with E-state index >= 15 is 0 Å². The molecule has 0 unspecified atom stereocenters. The Morgan fingerprint density at radius 1 is 1.03 bits per heavy atom. The highest BCUT2D eigenvalue weighted by Gasteiger charge is 2.34. The summed E-state index contributed by atoms with van der Waals surface area (Å²) in [5.74, 6) is 1.08. The van der Waals surface area contributed by atoms with Gasteiger partial charge in [0.25, 0.3) is 0 Å². The molecule has 8 heteroatoms. The van der Waals surface area contributed by atoms with Gasteiger partial charge in [-0.3, -0.25) is 9.59 Å². The van der Waals surface area contributed by atoms with Crippen molar-refractivity contribution in [1.82, 2.24) is 14.9 Å². The summed E-state index contributed by atoms with van der Waals surface area (Å²) >= 11 is 13.1. The first-order valence-electron chi connectivity index (χ1n) is 13.7. The number of nitrogens with one attached hydrogen (secondary N) is 2. The molecule has 0 saturated heterocycles. The molecule has 2 saturated carbocycles. The topological polar surface area (TPSA) is 76.0 Å². The molecular weight excluding hydrogens is 519 g/mol. The lowest BCUT2D eigenvalue weighted by Crippen LogP contribution is -2.39. The van der Waals surface area contributed by atoms with Crippen LogP contribution < -0.4 is 10.6 Å². The Hall–Kier alpha value is -2.57. The highest BCUT2D eigenvalue weighted by Crippen LogP contribution is 2.36. The molecule has 6 nitrogen and oxygen atoms in total. The van der Waals surface area contributed by atoms with Crippen molar-refractivity contribution in [3.05, 3.63) is 57.3 Å². The van der Waals surface area contributed by atoms with Crippen LogP contribution in [0, 0.1) is 11.3 Å².